The summed E-state index contributed by atoms with van der Waals surface area (Å²) >= 11 is 0. The van der Waals surface area contributed by atoms with Gasteiger partial charge in [-0.2, -0.15) is 0 Å². The van der Waals surface area contributed by atoms with Gasteiger partial charge >= 0.3 is 0 Å². The van der Waals surface area contributed by atoms with Crippen molar-refractivity contribution < 1.29 is 4.42 Å². The molecule has 2 aromatic heterocycles. The van der Waals surface area contributed by atoms with Gasteiger partial charge in [-0.05, 0) is 117 Å². The highest BCUT2D eigenvalue weighted by molar-refractivity contribution is 6.06. The van der Waals surface area contributed by atoms with Crippen LogP contribution in [0.5, 0.6) is 0 Å². The molecule has 0 N–H and O–H groups in total. The number of benzene rings is 9. The van der Waals surface area contributed by atoms with Crippen LogP contribution in [-0.4, -0.2) is 9.97 Å². The SMILES string of the molecule is CC1(c2ccccc2)c2ccccc2-c2c(-c3cccc(-c4cc(-c5ccc6oc7ccccc7c6c5)cc(-c5cc(-c6ccccc6)nc(-c6ccccc6)n5)c4)c3)cccc21. The maximum atomic E-state index is 6.27. The van der Waals surface area contributed by atoms with Crippen molar-refractivity contribution in [3.05, 3.63) is 241 Å². The molecule has 0 bridgehead atoms. The van der Waals surface area contributed by atoms with Crippen molar-refractivity contribution in [3.8, 4) is 78.4 Å². The smallest absolute Gasteiger partial charge is 0.160 e. The zero-order valence-corrected chi connectivity index (χ0v) is 34.7. The Bertz CT molecular complexity index is 3460. The van der Waals surface area contributed by atoms with Gasteiger partial charge in [-0.1, -0.05) is 176 Å². The summed E-state index contributed by atoms with van der Waals surface area (Å²) in [5.41, 5.74) is 19.6. The quantitative estimate of drug-likeness (QED) is 0.161. The summed E-state index contributed by atoms with van der Waals surface area (Å²) in [4.78, 5) is 10.4. The Morgan fingerprint density at radius 3 is 1.68 bits per heavy atom. The van der Waals surface area contributed by atoms with E-state index in [2.05, 4.69) is 195 Å². The van der Waals surface area contributed by atoms with Crippen LogP contribution < -0.4 is 0 Å². The van der Waals surface area contributed by atoms with Gasteiger partial charge in [-0.15, -0.1) is 0 Å². The molecule has 1 aliphatic rings. The Morgan fingerprint density at radius 2 is 0.889 bits per heavy atom. The van der Waals surface area contributed by atoms with E-state index in [1.807, 2.05) is 36.4 Å². The molecule has 0 saturated carbocycles. The molecule has 0 saturated heterocycles. The number of hydrogen-bond acceptors (Lipinski definition) is 3. The van der Waals surface area contributed by atoms with Crippen LogP contribution in [0.25, 0.3) is 100 Å². The third-order valence-corrected chi connectivity index (χ3v) is 13.0. The van der Waals surface area contributed by atoms with Crippen LogP contribution in [0, 0.1) is 0 Å². The van der Waals surface area contributed by atoms with Crippen LogP contribution in [0.1, 0.15) is 23.6 Å². The summed E-state index contributed by atoms with van der Waals surface area (Å²) in [6.45, 7) is 2.38. The van der Waals surface area contributed by atoms with Gasteiger partial charge in [0.15, 0.2) is 5.82 Å². The largest absolute Gasteiger partial charge is 0.456 e. The minimum Gasteiger partial charge on any atom is -0.456 e. The van der Waals surface area contributed by atoms with Crippen LogP contribution in [-0.2, 0) is 5.41 Å². The molecule has 63 heavy (non-hydrogen) atoms. The molecule has 0 amide bonds. The predicted molar refractivity (Wildman–Crippen MR) is 259 cm³/mol. The zero-order valence-electron chi connectivity index (χ0n) is 34.7. The minimum absolute atomic E-state index is 0.278. The van der Waals surface area contributed by atoms with Crippen LogP contribution in [0.3, 0.4) is 0 Å². The number of furan rings is 1. The van der Waals surface area contributed by atoms with Gasteiger partial charge in [0.25, 0.3) is 0 Å². The van der Waals surface area contributed by atoms with Crippen molar-refractivity contribution in [3.63, 3.8) is 0 Å². The minimum atomic E-state index is -0.278. The molecular formula is C60H40N2O. The zero-order chi connectivity index (χ0) is 41.9. The van der Waals surface area contributed by atoms with E-state index in [0.717, 1.165) is 72.3 Å². The monoisotopic (exact) mass is 804 g/mol. The molecule has 296 valence electrons. The Hall–Kier alpha value is -8.14. The van der Waals surface area contributed by atoms with E-state index in [1.54, 1.807) is 0 Å². The molecule has 11 aromatic rings. The summed E-state index contributed by atoms with van der Waals surface area (Å²) < 4.78 is 6.27. The van der Waals surface area contributed by atoms with Crippen LogP contribution >= 0.6 is 0 Å². The Morgan fingerprint density at radius 1 is 0.349 bits per heavy atom. The first-order chi connectivity index (χ1) is 31.1. The topological polar surface area (TPSA) is 38.9 Å². The number of nitrogens with zero attached hydrogens (tertiary/aromatic N) is 2. The third kappa shape index (κ3) is 6.20. The molecule has 0 radical (unpaired) electrons. The molecule has 0 spiro atoms. The van der Waals surface area contributed by atoms with E-state index >= 15 is 0 Å². The summed E-state index contributed by atoms with van der Waals surface area (Å²) in [5, 5.41) is 2.20. The van der Waals surface area contributed by atoms with Crippen LogP contribution in [0.15, 0.2) is 229 Å². The van der Waals surface area contributed by atoms with E-state index in [4.69, 9.17) is 14.4 Å². The molecule has 0 aliphatic heterocycles. The molecule has 9 aromatic carbocycles. The maximum Gasteiger partial charge on any atom is 0.160 e. The summed E-state index contributed by atoms with van der Waals surface area (Å²) in [6, 6.07) is 80.2. The Balaban J connectivity index is 1.06. The molecule has 1 aliphatic carbocycles. The molecule has 1 unspecified atom stereocenters. The Kier molecular flexibility index (Phi) is 8.62. The fraction of sp³-hybridized carbons (Fsp3) is 0.0333. The first kappa shape index (κ1) is 36.7. The lowest BCUT2D eigenvalue weighted by Gasteiger charge is -2.28. The average molecular weight is 805 g/mol. The molecule has 3 nitrogen and oxygen atoms in total. The van der Waals surface area contributed by atoms with Gasteiger partial charge in [0, 0.05) is 32.9 Å². The lowest BCUT2D eigenvalue weighted by molar-refractivity contribution is 0.669. The molecular weight excluding hydrogens is 765 g/mol. The Labute approximate surface area is 366 Å². The highest BCUT2D eigenvalue weighted by atomic mass is 16.3. The fourth-order valence-corrected chi connectivity index (χ4v) is 9.81. The van der Waals surface area contributed by atoms with E-state index in [-0.39, 0.29) is 5.41 Å². The first-order valence-corrected chi connectivity index (χ1v) is 21.6. The molecule has 2 heterocycles. The second kappa shape index (κ2) is 14.8. The van der Waals surface area contributed by atoms with Crippen molar-refractivity contribution in [1.82, 2.24) is 9.97 Å². The second-order valence-electron chi connectivity index (χ2n) is 16.6. The second-order valence-corrected chi connectivity index (χ2v) is 16.6. The van der Waals surface area contributed by atoms with Crippen molar-refractivity contribution >= 4 is 21.9 Å². The number of fused-ring (bicyclic) bond motifs is 6. The first-order valence-electron chi connectivity index (χ1n) is 21.6. The highest BCUT2D eigenvalue weighted by Gasteiger charge is 2.41. The summed E-state index contributed by atoms with van der Waals surface area (Å²) in [5.74, 6) is 0.688. The molecule has 3 heteroatoms. The average Bonchev–Trinajstić information content (AvgIpc) is 3.87. The van der Waals surface area contributed by atoms with E-state index in [0.29, 0.717) is 5.82 Å². The summed E-state index contributed by atoms with van der Waals surface area (Å²) in [6.07, 6.45) is 0. The predicted octanol–water partition coefficient (Wildman–Crippen LogP) is 15.7. The lowest BCUT2D eigenvalue weighted by atomic mass is 9.74. The van der Waals surface area contributed by atoms with E-state index < -0.39 is 0 Å². The standard InChI is InChI=1S/C60H40N2O/c1-60(47-23-9-4-10-24-47)52-28-13-11-26-50(52)58-48(27-16-29-53(58)60)43-22-15-21-41(33-43)44-34-45(42-31-32-57-51(37-42)49-25-12-14-30-56(49)63-57)36-46(35-44)55-38-54(39-17-5-2-6-18-39)61-59(62-55)40-19-7-3-8-20-40/h2-38H,1H3. The number of rotatable bonds is 7. The summed E-state index contributed by atoms with van der Waals surface area (Å²) in [7, 11) is 0. The fourth-order valence-electron chi connectivity index (χ4n) is 9.81. The van der Waals surface area contributed by atoms with Gasteiger partial charge in [0.1, 0.15) is 11.2 Å². The van der Waals surface area contributed by atoms with Gasteiger partial charge in [0.05, 0.1) is 11.4 Å². The van der Waals surface area contributed by atoms with Crippen molar-refractivity contribution in [2.75, 3.05) is 0 Å². The third-order valence-electron chi connectivity index (χ3n) is 13.0. The number of aromatic nitrogens is 2. The van der Waals surface area contributed by atoms with Gasteiger partial charge in [-0.25, -0.2) is 9.97 Å². The maximum absolute atomic E-state index is 6.27. The van der Waals surface area contributed by atoms with Crippen LogP contribution in [0.4, 0.5) is 0 Å². The lowest BCUT2D eigenvalue weighted by Crippen LogP contribution is -2.22. The van der Waals surface area contributed by atoms with Crippen molar-refractivity contribution in [2.24, 2.45) is 0 Å². The van der Waals surface area contributed by atoms with Gasteiger partial charge in [-0.3, -0.25) is 0 Å². The normalized spacial score (nSPS) is 14.2. The van der Waals surface area contributed by atoms with Crippen LogP contribution in [0.2, 0.25) is 0 Å². The highest BCUT2D eigenvalue weighted by Crippen LogP contribution is 2.55. The van der Waals surface area contributed by atoms with Crippen molar-refractivity contribution in [1.29, 1.82) is 0 Å². The number of para-hydroxylation sites is 1. The molecule has 12 rings (SSSR count). The van der Waals surface area contributed by atoms with Crippen molar-refractivity contribution in [2.45, 2.75) is 12.3 Å². The van der Waals surface area contributed by atoms with E-state index in [1.165, 1.54) is 38.9 Å². The van der Waals surface area contributed by atoms with E-state index in [9.17, 15) is 0 Å². The van der Waals surface area contributed by atoms with Gasteiger partial charge in [0.2, 0.25) is 0 Å². The molecule has 0 fully saturated rings. The molecule has 1 atom stereocenters. The van der Waals surface area contributed by atoms with Gasteiger partial charge < -0.3 is 4.42 Å². The number of hydrogen-bond donors (Lipinski definition) is 0.